The molecule has 3 N–H and O–H groups in total. The zero-order chi connectivity index (χ0) is 15.0. The molecule has 2 rings (SSSR count). The van der Waals surface area contributed by atoms with Crippen molar-refractivity contribution in [2.75, 3.05) is 0 Å². The molecule has 0 aromatic carbocycles. The molecule has 21 heavy (non-hydrogen) atoms. The number of hydrogen-bond donors (Lipinski definition) is 2. The molecule has 0 saturated heterocycles. The van der Waals surface area contributed by atoms with Crippen molar-refractivity contribution in [2.24, 2.45) is 5.73 Å². The van der Waals surface area contributed by atoms with Crippen LogP contribution in [0, 0.1) is 0 Å². The van der Waals surface area contributed by atoms with Gasteiger partial charge in [0.05, 0.1) is 0 Å². The van der Waals surface area contributed by atoms with Gasteiger partial charge in [-0.1, -0.05) is 20.8 Å². The molecule has 0 aliphatic heterocycles. The predicted octanol–water partition coefficient (Wildman–Crippen LogP) is 3.02. The summed E-state index contributed by atoms with van der Waals surface area (Å²) in [5.41, 5.74) is 5.83. The van der Waals surface area contributed by atoms with Gasteiger partial charge in [0, 0.05) is 17.0 Å². The number of nitrogens with two attached hydrogens (primary N) is 1. The Labute approximate surface area is 138 Å². The van der Waals surface area contributed by atoms with E-state index in [1.54, 1.807) is 6.07 Å². The van der Waals surface area contributed by atoms with Gasteiger partial charge in [0.1, 0.15) is 4.21 Å². The van der Waals surface area contributed by atoms with Crippen LogP contribution < -0.4 is 10.5 Å². The van der Waals surface area contributed by atoms with E-state index in [1.165, 1.54) is 11.3 Å². The van der Waals surface area contributed by atoms with Crippen molar-refractivity contribution in [2.45, 2.75) is 68.2 Å². The van der Waals surface area contributed by atoms with Gasteiger partial charge in [-0.15, -0.1) is 23.7 Å². The summed E-state index contributed by atoms with van der Waals surface area (Å²) < 4.78 is 28.0. The third-order valence-electron chi connectivity index (χ3n) is 3.68. The molecule has 1 heterocycles. The predicted molar refractivity (Wildman–Crippen MR) is 90.8 cm³/mol. The lowest BCUT2D eigenvalue weighted by molar-refractivity contribution is 0.374. The van der Waals surface area contributed by atoms with Gasteiger partial charge in [-0.2, -0.15) is 0 Å². The minimum absolute atomic E-state index is 0. The molecule has 0 spiro atoms. The standard InChI is InChI=1S/C14H24N2O2S2.ClH/c1-14(2,3)12-8-9-13(19-12)20(17,18)16-11-6-4-10(15)5-7-11;/h8-11,16H,4-7,15H2,1-3H3;1H. The maximum absolute atomic E-state index is 12.4. The first-order valence-electron chi connectivity index (χ1n) is 7.07. The molecule has 1 aromatic rings. The van der Waals surface area contributed by atoms with Crippen molar-refractivity contribution in [1.82, 2.24) is 4.72 Å². The first-order chi connectivity index (χ1) is 9.18. The van der Waals surface area contributed by atoms with Crippen molar-refractivity contribution < 1.29 is 8.42 Å². The monoisotopic (exact) mass is 352 g/mol. The minimum Gasteiger partial charge on any atom is -0.328 e. The zero-order valence-electron chi connectivity index (χ0n) is 12.8. The molecule has 4 nitrogen and oxygen atoms in total. The zero-order valence-corrected chi connectivity index (χ0v) is 15.2. The number of thiophene rings is 1. The lowest BCUT2D eigenvalue weighted by atomic mass is 9.93. The van der Waals surface area contributed by atoms with Crippen LogP contribution in [0.2, 0.25) is 0 Å². The maximum Gasteiger partial charge on any atom is 0.250 e. The lowest BCUT2D eigenvalue weighted by Gasteiger charge is -2.26. The van der Waals surface area contributed by atoms with Crippen LogP contribution in [-0.2, 0) is 15.4 Å². The second-order valence-electron chi connectivity index (χ2n) is 6.60. The molecule has 0 radical (unpaired) electrons. The van der Waals surface area contributed by atoms with E-state index in [4.69, 9.17) is 5.73 Å². The normalized spacial score (nSPS) is 23.6. The van der Waals surface area contributed by atoms with E-state index in [-0.39, 0.29) is 29.9 Å². The second kappa shape index (κ2) is 6.96. The third-order valence-corrected chi connectivity index (χ3v) is 7.20. The van der Waals surface area contributed by atoms with Gasteiger partial charge in [-0.05, 0) is 43.2 Å². The summed E-state index contributed by atoms with van der Waals surface area (Å²) in [6, 6.07) is 3.88. The Bertz CT molecular complexity index is 556. The van der Waals surface area contributed by atoms with Crippen LogP contribution >= 0.6 is 23.7 Å². The molecular weight excluding hydrogens is 328 g/mol. The minimum atomic E-state index is -3.39. The van der Waals surface area contributed by atoms with E-state index in [0.717, 1.165) is 30.6 Å². The van der Waals surface area contributed by atoms with Gasteiger partial charge in [0.25, 0.3) is 0 Å². The Morgan fingerprint density at radius 2 is 1.76 bits per heavy atom. The quantitative estimate of drug-likeness (QED) is 0.878. The molecule has 0 bridgehead atoms. The van der Waals surface area contributed by atoms with E-state index < -0.39 is 10.0 Å². The van der Waals surface area contributed by atoms with Gasteiger partial charge in [-0.3, -0.25) is 0 Å². The third kappa shape index (κ3) is 4.93. The molecule has 1 aromatic heterocycles. The maximum atomic E-state index is 12.4. The van der Waals surface area contributed by atoms with E-state index in [2.05, 4.69) is 25.5 Å². The number of hydrogen-bond acceptors (Lipinski definition) is 4. The van der Waals surface area contributed by atoms with Crippen LogP contribution in [0.4, 0.5) is 0 Å². The second-order valence-corrected chi connectivity index (χ2v) is 9.63. The van der Waals surface area contributed by atoms with E-state index >= 15 is 0 Å². The molecule has 1 saturated carbocycles. The SMILES string of the molecule is CC(C)(C)c1ccc(S(=O)(=O)NC2CCC(N)CC2)s1.Cl. The first-order valence-corrected chi connectivity index (χ1v) is 9.37. The van der Waals surface area contributed by atoms with Crippen LogP contribution in [0.1, 0.15) is 51.3 Å². The number of halogens is 1. The molecule has 7 heteroatoms. The highest BCUT2D eigenvalue weighted by Gasteiger charge is 2.26. The fourth-order valence-electron chi connectivity index (χ4n) is 2.38. The van der Waals surface area contributed by atoms with Crippen LogP contribution in [-0.4, -0.2) is 20.5 Å². The average Bonchev–Trinajstić information content (AvgIpc) is 2.82. The molecule has 1 aliphatic carbocycles. The van der Waals surface area contributed by atoms with Gasteiger partial charge in [0.2, 0.25) is 10.0 Å². The Morgan fingerprint density at radius 1 is 1.19 bits per heavy atom. The Morgan fingerprint density at radius 3 is 2.24 bits per heavy atom. The van der Waals surface area contributed by atoms with Gasteiger partial charge >= 0.3 is 0 Å². The van der Waals surface area contributed by atoms with Crippen molar-refractivity contribution in [3.05, 3.63) is 17.0 Å². The summed E-state index contributed by atoms with van der Waals surface area (Å²) in [6.45, 7) is 6.27. The largest absolute Gasteiger partial charge is 0.328 e. The lowest BCUT2D eigenvalue weighted by Crippen LogP contribution is -2.40. The van der Waals surface area contributed by atoms with Crippen LogP contribution in [0.5, 0.6) is 0 Å². The highest BCUT2D eigenvalue weighted by Crippen LogP contribution is 2.32. The number of sulfonamides is 1. The van der Waals surface area contributed by atoms with Crippen LogP contribution in [0.25, 0.3) is 0 Å². The summed E-state index contributed by atoms with van der Waals surface area (Å²) in [4.78, 5) is 1.09. The Kier molecular flexibility index (Phi) is 6.27. The Balaban J connectivity index is 0.00000220. The smallest absolute Gasteiger partial charge is 0.250 e. The highest BCUT2D eigenvalue weighted by atomic mass is 35.5. The average molecular weight is 353 g/mol. The topological polar surface area (TPSA) is 72.2 Å². The van der Waals surface area contributed by atoms with Crippen molar-refractivity contribution >= 4 is 33.8 Å². The fourth-order valence-corrected chi connectivity index (χ4v) is 5.07. The molecule has 1 aliphatic rings. The fraction of sp³-hybridized carbons (Fsp3) is 0.714. The van der Waals surface area contributed by atoms with Crippen molar-refractivity contribution in [3.8, 4) is 0 Å². The summed E-state index contributed by atoms with van der Waals surface area (Å²) >= 11 is 1.36. The molecular formula is C14H25ClN2O2S2. The van der Waals surface area contributed by atoms with Crippen LogP contribution in [0.15, 0.2) is 16.3 Å². The van der Waals surface area contributed by atoms with E-state index in [9.17, 15) is 8.42 Å². The summed E-state index contributed by atoms with van der Waals surface area (Å²) in [7, 11) is -3.39. The molecule has 0 atom stereocenters. The van der Waals surface area contributed by atoms with Crippen molar-refractivity contribution in [1.29, 1.82) is 0 Å². The number of nitrogens with one attached hydrogen (secondary N) is 1. The molecule has 122 valence electrons. The van der Waals surface area contributed by atoms with Gasteiger partial charge in [-0.25, -0.2) is 13.1 Å². The summed E-state index contributed by atoms with van der Waals surface area (Å²) in [5.74, 6) is 0. The molecule has 1 fully saturated rings. The first kappa shape index (κ1) is 18.9. The summed E-state index contributed by atoms with van der Waals surface area (Å²) in [5, 5.41) is 0. The van der Waals surface area contributed by atoms with Gasteiger partial charge in [0.15, 0.2) is 0 Å². The Hall–Kier alpha value is -0.140. The van der Waals surface area contributed by atoms with Crippen LogP contribution in [0.3, 0.4) is 0 Å². The van der Waals surface area contributed by atoms with E-state index in [1.807, 2.05) is 6.07 Å². The highest BCUT2D eigenvalue weighted by molar-refractivity contribution is 7.91. The van der Waals surface area contributed by atoms with E-state index in [0.29, 0.717) is 4.21 Å². The molecule has 0 amide bonds. The molecule has 0 unspecified atom stereocenters. The number of rotatable bonds is 3. The summed E-state index contributed by atoms with van der Waals surface area (Å²) in [6.07, 6.45) is 3.45. The van der Waals surface area contributed by atoms with Crippen molar-refractivity contribution in [3.63, 3.8) is 0 Å². The van der Waals surface area contributed by atoms with Gasteiger partial charge < -0.3 is 5.73 Å².